The van der Waals surface area contributed by atoms with E-state index >= 15 is 0 Å². The first-order valence-corrected chi connectivity index (χ1v) is 8.98. The molecule has 0 bridgehead atoms. The lowest BCUT2D eigenvalue weighted by atomic mass is 10.1. The molecule has 0 radical (unpaired) electrons. The third-order valence-electron chi connectivity index (χ3n) is 3.70. The number of esters is 1. The first-order valence-electron chi connectivity index (χ1n) is 7.45. The fourth-order valence-corrected chi connectivity index (χ4v) is 2.52. The van der Waals surface area contributed by atoms with Gasteiger partial charge in [0.1, 0.15) is 12.4 Å². The highest BCUT2D eigenvalue weighted by atomic mass is 31.2. The Morgan fingerprint density at radius 1 is 1.52 bits per heavy atom. The summed E-state index contributed by atoms with van der Waals surface area (Å²) in [5.74, 6) is -0.694. The number of nitrogens with zero attached hydrogens (tertiary/aromatic N) is 2. The van der Waals surface area contributed by atoms with Crippen LogP contribution >= 0.6 is 7.82 Å². The average Bonchev–Trinajstić information content (AvgIpc) is 3.18. The predicted octanol–water partition coefficient (Wildman–Crippen LogP) is 0.365. The van der Waals surface area contributed by atoms with Crippen molar-refractivity contribution in [2.75, 3.05) is 18.9 Å². The largest absolute Gasteiger partial charge is 0.469 e. The summed E-state index contributed by atoms with van der Waals surface area (Å²) >= 11 is 0. The Kier molecular flexibility index (Phi) is 5.48. The van der Waals surface area contributed by atoms with Gasteiger partial charge in [0, 0.05) is 12.4 Å². The van der Waals surface area contributed by atoms with E-state index in [9.17, 15) is 14.2 Å². The second-order valence-electron chi connectivity index (χ2n) is 6.18. The summed E-state index contributed by atoms with van der Waals surface area (Å²) in [6, 6.07) is 1.44. The van der Waals surface area contributed by atoms with Gasteiger partial charge in [-0.1, -0.05) is 13.8 Å². The maximum atomic E-state index is 11.8. The van der Waals surface area contributed by atoms with Crippen LogP contribution in [0.4, 0.5) is 5.82 Å². The normalized spacial score (nSPS) is 21.6. The molecular weight excluding hydrogens is 353 g/mol. The topological polar surface area (TPSA) is 154 Å². The minimum Gasteiger partial charge on any atom is -0.464 e. The van der Waals surface area contributed by atoms with Crippen molar-refractivity contribution in [3.05, 3.63) is 28.3 Å². The summed E-state index contributed by atoms with van der Waals surface area (Å²) in [7, 11) is -4.68. The van der Waals surface area contributed by atoms with Crippen LogP contribution in [-0.2, 0) is 18.6 Å². The van der Waals surface area contributed by atoms with E-state index in [0.29, 0.717) is 12.0 Å². The van der Waals surface area contributed by atoms with Gasteiger partial charge in [-0.3, -0.25) is 13.9 Å². The van der Waals surface area contributed by atoms with Crippen molar-refractivity contribution in [2.45, 2.75) is 20.3 Å². The van der Waals surface area contributed by atoms with Crippen molar-refractivity contribution >= 4 is 25.8 Å². The average molecular weight is 373 g/mol. The van der Waals surface area contributed by atoms with Crippen molar-refractivity contribution < 1.29 is 28.4 Å². The Morgan fingerprint density at radius 3 is 2.76 bits per heavy atom. The number of rotatable bonds is 7. The number of hydrogen-bond acceptors (Lipinski definition) is 7. The van der Waals surface area contributed by atoms with Gasteiger partial charge in [-0.25, -0.2) is 9.36 Å². The van der Waals surface area contributed by atoms with Crippen LogP contribution in [0.25, 0.3) is 6.20 Å². The monoisotopic (exact) mass is 373 g/mol. The molecule has 0 saturated heterocycles. The number of anilines is 1. The van der Waals surface area contributed by atoms with E-state index in [-0.39, 0.29) is 24.9 Å². The van der Waals surface area contributed by atoms with Crippen molar-refractivity contribution in [1.82, 2.24) is 9.55 Å². The second-order valence-corrected chi connectivity index (χ2v) is 7.42. The summed E-state index contributed by atoms with van der Waals surface area (Å²) < 4.78 is 21.9. The number of carbonyl (C=O) groups excluding carboxylic acids is 1. The molecule has 0 aromatic carbocycles. The fourth-order valence-electron chi connectivity index (χ4n) is 2.11. The van der Waals surface area contributed by atoms with E-state index in [2.05, 4.69) is 9.51 Å². The molecule has 2 rings (SSSR count). The molecule has 4 N–H and O–H groups in total. The number of phosphoric ester groups is 1. The van der Waals surface area contributed by atoms with Crippen LogP contribution in [0.2, 0.25) is 0 Å². The Labute approximate surface area is 143 Å². The van der Waals surface area contributed by atoms with E-state index in [1.165, 1.54) is 23.0 Å². The Morgan fingerprint density at radius 2 is 2.20 bits per heavy atom. The van der Waals surface area contributed by atoms with Crippen LogP contribution in [0.3, 0.4) is 0 Å². The third-order valence-corrected chi connectivity index (χ3v) is 4.17. The van der Waals surface area contributed by atoms with Gasteiger partial charge in [-0.15, -0.1) is 0 Å². The molecule has 25 heavy (non-hydrogen) atoms. The maximum absolute atomic E-state index is 11.8. The summed E-state index contributed by atoms with van der Waals surface area (Å²) in [6.07, 6.45) is 3.25. The predicted molar refractivity (Wildman–Crippen MR) is 88.0 cm³/mol. The van der Waals surface area contributed by atoms with E-state index in [1.807, 2.05) is 0 Å². The molecular formula is C14H20N3O7P. The summed E-state index contributed by atoms with van der Waals surface area (Å²) in [5.41, 5.74) is 4.59. The molecule has 0 unspecified atom stereocenters. The Bertz CT molecular complexity index is 798. The van der Waals surface area contributed by atoms with E-state index in [1.54, 1.807) is 13.8 Å². The minimum absolute atomic E-state index is 0.0809. The lowest BCUT2D eigenvalue weighted by Crippen LogP contribution is -2.23. The zero-order chi connectivity index (χ0) is 18.8. The lowest BCUT2D eigenvalue weighted by molar-refractivity contribution is -0.149. The molecule has 1 aliphatic rings. The van der Waals surface area contributed by atoms with Crippen molar-refractivity contribution in [3.8, 4) is 0 Å². The molecule has 1 aromatic rings. The second kappa shape index (κ2) is 7.09. The fraction of sp³-hybridized carbons (Fsp3) is 0.500. The highest BCUT2D eigenvalue weighted by Gasteiger charge is 2.51. The molecule has 1 atom stereocenters. The van der Waals surface area contributed by atoms with Crippen LogP contribution < -0.4 is 11.4 Å². The minimum atomic E-state index is -4.68. The quantitative estimate of drug-likeness (QED) is 0.454. The molecule has 1 aliphatic carbocycles. The van der Waals surface area contributed by atoms with Crippen molar-refractivity contribution in [3.63, 3.8) is 0 Å². The SMILES string of the molecule is CC(C)C(=O)OC[C@]1(COP(=O)(O)O)C/C1=C/n1ccc(N)nc1=O. The van der Waals surface area contributed by atoms with Crippen molar-refractivity contribution in [2.24, 2.45) is 11.3 Å². The van der Waals surface area contributed by atoms with Gasteiger partial charge in [0.15, 0.2) is 0 Å². The zero-order valence-electron chi connectivity index (χ0n) is 13.8. The Balaban J connectivity index is 2.19. The lowest BCUT2D eigenvalue weighted by Gasteiger charge is -2.17. The molecule has 1 heterocycles. The molecule has 10 nitrogen and oxygen atoms in total. The van der Waals surface area contributed by atoms with Crippen LogP contribution in [0.15, 0.2) is 22.6 Å². The summed E-state index contributed by atoms with van der Waals surface area (Å²) in [5, 5.41) is 0. The number of phosphoric acid groups is 1. The van der Waals surface area contributed by atoms with Crippen LogP contribution in [0, 0.1) is 11.3 Å². The first-order chi connectivity index (χ1) is 11.5. The highest BCUT2D eigenvalue weighted by Crippen LogP contribution is 2.55. The van der Waals surface area contributed by atoms with Gasteiger partial charge in [0.2, 0.25) is 0 Å². The van der Waals surface area contributed by atoms with E-state index in [0.717, 1.165) is 0 Å². The first kappa shape index (κ1) is 19.3. The molecule has 1 fully saturated rings. The maximum Gasteiger partial charge on any atom is 0.469 e. The molecule has 1 saturated carbocycles. The number of hydrogen-bond donors (Lipinski definition) is 3. The number of nitrogen functional groups attached to an aromatic ring is 1. The third kappa shape index (κ3) is 5.23. The van der Waals surface area contributed by atoms with Gasteiger partial charge in [-0.05, 0) is 18.1 Å². The molecule has 1 aromatic heterocycles. The van der Waals surface area contributed by atoms with Gasteiger partial charge in [0.05, 0.1) is 17.9 Å². The Hall–Kier alpha value is -2.00. The molecule has 11 heteroatoms. The summed E-state index contributed by atoms with van der Waals surface area (Å²) in [4.78, 5) is 44.8. The van der Waals surface area contributed by atoms with Gasteiger partial charge >= 0.3 is 19.5 Å². The number of carbonyl (C=O) groups is 1. The molecule has 0 amide bonds. The number of ether oxygens (including phenoxy) is 1. The van der Waals surface area contributed by atoms with Gasteiger partial charge in [-0.2, -0.15) is 4.98 Å². The van der Waals surface area contributed by atoms with Gasteiger partial charge in [0.25, 0.3) is 0 Å². The summed E-state index contributed by atoms with van der Waals surface area (Å²) in [6.45, 7) is 2.90. The van der Waals surface area contributed by atoms with E-state index in [4.69, 9.17) is 20.3 Å². The van der Waals surface area contributed by atoms with Gasteiger partial charge < -0.3 is 20.3 Å². The molecule has 138 valence electrons. The molecule has 0 spiro atoms. The number of nitrogens with two attached hydrogens (primary N) is 1. The molecule has 0 aliphatic heterocycles. The zero-order valence-corrected chi connectivity index (χ0v) is 14.7. The van der Waals surface area contributed by atoms with Crippen LogP contribution in [-0.4, -0.2) is 38.5 Å². The smallest absolute Gasteiger partial charge is 0.464 e. The standard InChI is InChI=1S/C14H20N3O7P/c1-9(2)12(18)23-7-14(8-24-25(20,21)22)5-10(14)6-17-4-3-11(15)16-13(17)19/h3-4,6,9H,5,7-8H2,1-2H3,(H2,15,16,19)(H2,20,21,22)/b10-6-/t14-/m0/s1. The number of aromatic nitrogens is 2. The van der Waals surface area contributed by atoms with Crippen LogP contribution in [0.5, 0.6) is 0 Å². The van der Waals surface area contributed by atoms with E-state index < -0.39 is 24.9 Å². The van der Waals surface area contributed by atoms with Crippen LogP contribution in [0.1, 0.15) is 20.3 Å². The highest BCUT2D eigenvalue weighted by molar-refractivity contribution is 7.46. The van der Waals surface area contributed by atoms with Crippen molar-refractivity contribution in [1.29, 1.82) is 0 Å².